The first-order valence-electron chi connectivity index (χ1n) is 8.53. The smallest absolute Gasteiger partial charge is 0.335 e. The van der Waals surface area contributed by atoms with Crippen LogP contribution in [0.15, 0.2) is 48.0 Å². The molecule has 0 atom stereocenters. The second-order valence-corrected chi connectivity index (χ2v) is 6.79. The highest BCUT2D eigenvalue weighted by molar-refractivity contribution is 6.39. The summed E-state index contributed by atoms with van der Waals surface area (Å²) in [6.07, 6.45) is 1.50. The topological polar surface area (TPSA) is 69.7 Å². The van der Waals surface area contributed by atoms with Crippen molar-refractivity contribution in [2.45, 2.75) is 13.8 Å². The molecule has 0 unspecified atom stereocenters. The molecule has 0 saturated carbocycles. The van der Waals surface area contributed by atoms with Crippen LogP contribution >= 0.6 is 0 Å². The van der Waals surface area contributed by atoms with Gasteiger partial charge in [0.15, 0.2) is 0 Å². The minimum absolute atomic E-state index is 0.0774. The molecule has 2 aromatic rings. The van der Waals surface area contributed by atoms with Gasteiger partial charge in [0.25, 0.3) is 11.8 Å². The van der Waals surface area contributed by atoms with Crippen LogP contribution in [0.25, 0.3) is 6.08 Å². The van der Waals surface area contributed by atoms with Gasteiger partial charge in [0, 0.05) is 19.8 Å². The van der Waals surface area contributed by atoms with E-state index in [1.54, 1.807) is 12.1 Å². The maximum absolute atomic E-state index is 12.9. The summed E-state index contributed by atoms with van der Waals surface area (Å²) in [5.41, 5.74) is 3.92. The van der Waals surface area contributed by atoms with Crippen molar-refractivity contribution in [1.82, 2.24) is 5.32 Å². The predicted octanol–water partition coefficient (Wildman–Crippen LogP) is 3.04. The molecule has 138 valence electrons. The van der Waals surface area contributed by atoms with Gasteiger partial charge in [-0.3, -0.25) is 14.9 Å². The Kier molecular flexibility index (Phi) is 4.81. The lowest BCUT2D eigenvalue weighted by molar-refractivity contribution is -0.122. The average molecular weight is 363 g/mol. The lowest BCUT2D eigenvalue weighted by Gasteiger charge is -2.27. The minimum atomic E-state index is -0.741. The van der Waals surface area contributed by atoms with Crippen LogP contribution in [0.1, 0.15) is 16.7 Å². The molecule has 4 amide bonds. The number of anilines is 2. The molecule has 1 saturated heterocycles. The number of carbonyl (C=O) groups is 3. The molecule has 1 N–H and O–H groups in total. The first kappa shape index (κ1) is 18.4. The Morgan fingerprint density at radius 2 is 1.52 bits per heavy atom. The second-order valence-electron chi connectivity index (χ2n) is 6.79. The van der Waals surface area contributed by atoms with Crippen LogP contribution in [0.2, 0.25) is 0 Å². The van der Waals surface area contributed by atoms with Crippen molar-refractivity contribution in [3.05, 3.63) is 64.7 Å². The molecule has 1 aliphatic rings. The number of nitrogens with one attached hydrogen (secondary N) is 1. The number of amides is 4. The Hall–Kier alpha value is -3.41. The fraction of sp³-hybridized carbons (Fsp3) is 0.190. The van der Waals surface area contributed by atoms with Gasteiger partial charge >= 0.3 is 6.03 Å². The number of imide groups is 2. The normalized spacial score (nSPS) is 15.9. The van der Waals surface area contributed by atoms with Gasteiger partial charge in [0.1, 0.15) is 5.57 Å². The molecule has 3 rings (SSSR count). The molecule has 6 nitrogen and oxygen atoms in total. The lowest BCUT2D eigenvalue weighted by Crippen LogP contribution is -2.54. The number of rotatable bonds is 3. The van der Waals surface area contributed by atoms with Crippen LogP contribution in [0, 0.1) is 13.8 Å². The Labute approximate surface area is 158 Å². The van der Waals surface area contributed by atoms with Crippen LogP contribution in [0.3, 0.4) is 0 Å². The average Bonchev–Trinajstić information content (AvgIpc) is 2.58. The van der Waals surface area contributed by atoms with Gasteiger partial charge in [-0.05, 0) is 60.9 Å². The summed E-state index contributed by atoms with van der Waals surface area (Å²) in [5, 5.41) is 2.25. The molecule has 0 aromatic heterocycles. The van der Waals surface area contributed by atoms with E-state index in [1.165, 1.54) is 6.08 Å². The van der Waals surface area contributed by atoms with Crippen LogP contribution in [0.4, 0.5) is 16.2 Å². The number of hydrogen-bond donors (Lipinski definition) is 1. The number of nitrogens with zero attached hydrogens (tertiary/aromatic N) is 2. The summed E-state index contributed by atoms with van der Waals surface area (Å²) < 4.78 is 0. The molecular formula is C21H21N3O3. The maximum Gasteiger partial charge on any atom is 0.335 e. The molecule has 1 heterocycles. The number of barbiturate groups is 1. The zero-order chi connectivity index (χ0) is 19.7. The third-order valence-electron chi connectivity index (χ3n) is 4.29. The van der Waals surface area contributed by atoms with Crippen LogP contribution in [-0.2, 0) is 9.59 Å². The number of urea groups is 1. The van der Waals surface area contributed by atoms with E-state index in [2.05, 4.69) is 5.32 Å². The molecule has 1 fully saturated rings. The monoisotopic (exact) mass is 363 g/mol. The Bertz CT molecular complexity index is 939. The van der Waals surface area contributed by atoms with Crippen LogP contribution in [-0.4, -0.2) is 31.9 Å². The number of benzene rings is 2. The molecule has 0 aliphatic carbocycles. The first-order chi connectivity index (χ1) is 12.8. The van der Waals surface area contributed by atoms with Gasteiger partial charge in [-0.2, -0.15) is 0 Å². The third-order valence-corrected chi connectivity index (χ3v) is 4.29. The Morgan fingerprint density at radius 3 is 2.07 bits per heavy atom. The van der Waals surface area contributed by atoms with Crippen molar-refractivity contribution in [2.75, 3.05) is 23.9 Å². The van der Waals surface area contributed by atoms with E-state index in [-0.39, 0.29) is 5.57 Å². The SMILES string of the molecule is Cc1cc(C)cc(N2C(=O)NC(=O)C(=Cc3ccc(N(C)C)cc3)C2=O)c1. The van der Waals surface area contributed by atoms with Gasteiger partial charge in [-0.15, -0.1) is 0 Å². The highest BCUT2D eigenvalue weighted by atomic mass is 16.2. The van der Waals surface area contributed by atoms with Crippen molar-refractivity contribution >= 4 is 35.3 Å². The summed E-state index contributed by atoms with van der Waals surface area (Å²) >= 11 is 0. The zero-order valence-electron chi connectivity index (χ0n) is 15.7. The van der Waals surface area contributed by atoms with E-state index in [0.717, 1.165) is 21.7 Å². The predicted molar refractivity (Wildman–Crippen MR) is 106 cm³/mol. The van der Waals surface area contributed by atoms with E-state index >= 15 is 0 Å². The number of carbonyl (C=O) groups excluding carboxylic acids is 3. The molecule has 0 bridgehead atoms. The number of hydrogen-bond acceptors (Lipinski definition) is 4. The van der Waals surface area contributed by atoms with Gasteiger partial charge in [0.05, 0.1) is 5.69 Å². The molecule has 27 heavy (non-hydrogen) atoms. The third kappa shape index (κ3) is 3.74. The summed E-state index contributed by atoms with van der Waals surface area (Å²) in [7, 11) is 3.86. The molecule has 0 spiro atoms. The van der Waals surface area contributed by atoms with Crippen molar-refractivity contribution in [3.8, 4) is 0 Å². The van der Waals surface area contributed by atoms with E-state index in [9.17, 15) is 14.4 Å². The quantitative estimate of drug-likeness (QED) is 0.672. The minimum Gasteiger partial charge on any atom is -0.378 e. The standard InChI is InChI=1S/C21H21N3O3/c1-13-9-14(2)11-17(10-13)24-20(26)18(19(25)22-21(24)27)12-15-5-7-16(8-6-15)23(3)4/h5-12H,1-4H3,(H,22,25,27). The van der Waals surface area contributed by atoms with Crippen molar-refractivity contribution < 1.29 is 14.4 Å². The van der Waals surface area contributed by atoms with Crippen molar-refractivity contribution in [2.24, 2.45) is 0 Å². The van der Waals surface area contributed by atoms with E-state index in [1.807, 2.05) is 63.2 Å². The van der Waals surface area contributed by atoms with Crippen LogP contribution < -0.4 is 15.1 Å². The molecule has 1 aliphatic heterocycles. The van der Waals surface area contributed by atoms with Gasteiger partial charge < -0.3 is 4.90 Å². The molecule has 2 aromatic carbocycles. The van der Waals surface area contributed by atoms with E-state index in [0.29, 0.717) is 11.3 Å². The Balaban J connectivity index is 1.99. The summed E-state index contributed by atoms with van der Waals surface area (Å²) in [4.78, 5) is 40.4. The van der Waals surface area contributed by atoms with Crippen molar-refractivity contribution in [1.29, 1.82) is 0 Å². The second kappa shape index (κ2) is 7.07. The number of aryl methyl sites for hydroxylation is 2. The molecular weight excluding hydrogens is 342 g/mol. The zero-order valence-corrected chi connectivity index (χ0v) is 15.7. The summed E-state index contributed by atoms with van der Waals surface area (Å²) in [5.74, 6) is -1.33. The molecule has 6 heteroatoms. The van der Waals surface area contributed by atoms with Crippen molar-refractivity contribution in [3.63, 3.8) is 0 Å². The van der Waals surface area contributed by atoms with Gasteiger partial charge in [0.2, 0.25) is 0 Å². The highest BCUT2D eigenvalue weighted by Gasteiger charge is 2.36. The van der Waals surface area contributed by atoms with E-state index in [4.69, 9.17) is 0 Å². The first-order valence-corrected chi connectivity index (χ1v) is 8.53. The van der Waals surface area contributed by atoms with Crippen LogP contribution in [0.5, 0.6) is 0 Å². The fourth-order valence-electron chi connectivity index (χ4n) is 3.01. The summed E-state index contributed by atoms with van der Waals surface area (Å²) in [6.45, 7) is 3.77. The highest BCUT2D eigenvalue weighted by Crippen LogP contribution is 2.24. The largest absolute Gasteiger partial charge is 0.378 e. The van der Waals surface area contributed by atoms with Gasteiger partial charge in [-0.1, -0.05) is 18.2 Å². The summed E-state index contributed by atoms with van der Waals surface area (Å²) in [6, 6.07) is 12.1. The van der Waals surface area contributed by atoms with E-state index < -0.39 is 17.8 Å². The molecule has 0 radical (unpaired) electrons. The van der Waals surface area contributed by atoms with Gasteiger partial charge in [-0.25, -0.2) is 9.69 Å². The lowest BCUT2D eigenvalue weighted by atomic mass is 10.1. The Morgan fingerprint density at radius 1 is 0.926 bits per heavy atom. The maximum atomic E-state index is 12.9. The fourth-order valence-corrected chi connectivity index (χ4v) is 3.01.